The van der Waals surface area contributed by atoms with E-state index in [4.69, 9.17) is 0 Å². The van der Waals surface area contributed by atoms with Gasteiger partial charge in [-0.15, -0.1) is 0 Å². The van der Waals surface area contributed by atoms with Gasteiger partial charge in [-0.25, -0.2) is 0 Å². The fourth-order valence-electron chi connectivity index (χ4n) is 2.07. The van der Waals surface area contributed by atoms with Crippen molar-refractivity contribution in [3.05, 3.63) is 35.9 Å². The van der Waals surface area contributed by atoms with Crippen LogP contribution >= 0.6 is 0 Å². The van der Waals surface area contributed by atoms with Crippen molar-refractivity contribution in [3.8, 4) is 0 Å². The lowest BCUT2D eigenvalue weighted by atomic mass is 10.1. The van der Waals surface area contributed by atoms with Crippen molar-refractivity contribution >= 4 is 0 Å². The van der Waals surface area contributed by atoms with Crippen molar-refractivity contribution in [3.63, 3.8) is 0 Å². The van der Waals surface area contributed by atoms with Gasteiger partial charge in [-0.1, -0.05) is 37.3 Å². The molecule has 1 aromatic carbocycles. The van der Waals surface area contributed by atoms with Gasteiger partial charge in [0.2, 0.25) is 0 Å². The van der Waals surface area contributed by atoms with Crippen LogP contribution in [0.15, 0.2) is 30.3 Å². The van der Waals surface area contributed by atoms with E-state index in [9.17, 15) is 0 Å². The lowest BCUT2D eigenvalue weighted by Gasteiger charge is -2.24. The van der Waals surface area contributed by atoms with Crippen LogP contribution in [-0.4, -0.2) is 31.1 Å². The molecule has 0 spiro atoms. The first-order valence-electron chi connectivity index (χ1n) is 7.19. The molecule has 0 aromatic heterocycles. The molecule has 0 saturated heterocycles. The third-order valence-electron chi connectivity index (χ3n) is 3.43. The highest BCUT2D eigenvalue weighted by molar-refractivity contribution is 5.14. The molecule has 2 nitrogen and oxygen atoms in total. The van der Waals surface area contributed by atoms with Crippen LogP contribution in [0.4, 0.5) is 0 Å². The molecule has 0 saturated carbocycles. The highest BCUT2D eigenvalue weighted by atomic mass is 15.1. The topological polar surface area (TPSA) is 15.3 Å². The second kappa shape index (κ2) is 9.12. The van der Waals surface area contributed by atoms with Crippen LogP contribution in [0.1, 0.15) is 38.7 Å². The molecule has 0 heterocycles. The largest absolute Gasteiger partial charge is 0.317 e. The summed E-state index contributed by atoms with van der Waals surface area (Å²) in [6, 6.07) is 11.4. The van der Waals surface area contributed by atoms with E-state index in [-0.39, 0.29) is 0 Å². The predicted molar refractivity (Wildman–Crippen MR) is 79.8 cm³/mol. The van der Waals surface area contributed by atoms with E-state index in [1.54, 1.807) is 0 Å². The monoisotopic (exact) mass is 248 g/mol. The van der Waals surface area contributed by atoms with Crippen molar-refractivity contribution < 1.29 is 0 Å². The molecule has 0 aliphatic rings. The van der Waals surface area contributed by atoms with Crippen LogP contribution in [0, 0.1) is 0 Å². The fraction of sp³-hybridized carbons (Fsp3) is 0.625. The Hall–Kier alpha value is -0.860. The van der Waals surface area contributed by atoms with Crippen LogP contribution in [0.5, 0.6) is 0 Å². The molecule has 18 heavy (non-hydrogen) atoms. The Balaban J connectivity index is 2.18. The molecule has 0 aliphatic heterocycles. The van der Waals surface area contributed by atoms with Crippen molar-refractivity contribution in [2.45, 2.75) is 45.7 Å². The molecule has 1 unspecified atom stereocenters. The Morgan fingerprint density at radius 2 is 1.89 bits per heavy atom. The maximum absolute atomic E-state index is 3.46. The normalized spacial score (nSPS) is 12.9. The minimum atomic E-state index is 0.647. The van der Waals surface area contributed by atoms with E-state index in [1.807, 2.05) is 0 Å². The van der Waals surface area contributed by atoms with Gasteiger partial charge in [0.25, 0.3) is 0 Å². The summed E-state index contributed by atoms with van der Waals surface area (Å²) < 4.78 is 0. The van der Waals surface area contributed by atoms with Crippen LogP contribution in [0.2, 0.25) is 0 Å². The summed E-state index contributed by atoms with van der Waals surface area (Å²) in [5.41, 5.74) is 1.40. The number of hydrogen-bond donors (Lipinski definition) is 1. The second-order valence-corrected chi connectivity index (χ2v) is 5.14. The first-order chi connectivity index (χ1) is 8.74. The van der Waals surface area contributed by atoms with Gasteiger partial charge in [0.15, 0.2) is 0 Å². The number of benzene rings is 1. The molecule has 0 fully saturated rings. The molecule has 0 radical (unpaired) electrons. The molecular weight excluding hydrogens is 220 g/mol. The molecule has 1 rings (SSSR count). The summed E-state index contributed by atoms with van der Waals surface area (Å²) in [4.78, 5) is 2.44. The first kappa shape index (κ1) is 15.2. The van der Waals surface area contributed by atoms with E-state index in [0.717, 1.165) is 19.6 Å². The van der Waals surface area contributed by atoms with Crippen LogP contribution in [0.3, 0.4) is 0 Å². The van der Waals surface area contributed by atoms with Gasteiger partial charge in [-0.2, -0.15) is 0 Å². The van der Waals surface area contributed by atoms with E-state index >= 15 is 0 Å². The van der Waals surface area contributed by atoms with Gasteiger partial charge >= 0.3 is 0 Å². The first-order valence-corrected chi connectivity index (χ1v) is 7.19. The van der Waals surface area contributed by atoms with Crippen molar-refractivity contribution in [2.24, 2.45) is 0 Å². The van der Waals surface area contributed by atoms with Gasteiger partial charge in [-0.05, 0) is 51.9 Å². The number of hydrogen-bond acceptors (Lipinski definition) is 2. The average molecular weight is 248 g/mol. The Kier molecular flexibility index (Phi) is 7.70. The minimum Gasteiger partial charge on any atom is -0.317 e. The molecule has 1 atom stereocenters. The smallest absolute Gasteiger partial charge is 0.0233 e. The van der Waals surface area contributed by atoms with Crippen molar-refractivity contribution in [1.82, 2.24) is 10.2 Å². The zero-order valence-corrected chi connectivity index (χ0v) is 12.2. The molecule has 1 N–H and O–H groups in total. The number of nitrogens with zero attached hydrogens (tertiary/aromatic N) is 1. The van der Waals surface area contributed by atoms with E-state index < -0.39 is 0 Å². The predicted octanol–water partition coefficient (Wildman–Crippen LogP) is 3.29. The fourth-order valence-corrected chi connectivity index (χ4v) is 2.07. The lowest BCUT2D eigenvalue weighted by Crippen LogP contribution is -2.29. The second-order valence-electron chi connectivity index (χ2n) is 5.14. The third-order valence-corrected chi connectivity index (χ3v) is 3.43. The van der Waals surface area contributed by atoms with Crippen LogP contribution < -0.4 is 5.32 Å². The lowest BCUT2D eigenvalue weighted by molar-refractivity contribution is 0.234. The number of rotatable bonds is 9. The minimum absolute atomic E-state index is 0.647. The molecule has 0 amide bonds. The van der Waals surface area contributed by atoms with E-state index in [0.29, 0.717) is 6.04 Å². The zero-order chi connectivity index (χ0) is 13.2. The van der Waals surface area contributed by atoms with Crippen molar-refractivity contribution in [2.75, 3.05) is 20.1 Å². The molecule has 0 bridgehead atoms. The zero-order valence-electron chi connectivity index (χ0n) is 12.2. The summed E-state index contributed by atoms with van der Waals surface area (Å²) in [6.07, 6.45) is 3.75. The van der Waals surface area contributed by atoms with E-state index in [1.165, 1.54) is 24.8 Å². The maximum atomic E-state index is 3.46. The Bertz CT molecular complexity index is 297. The summed E-state index contributed by atoms with van der Waals surface area (Å²) in [5, 5.41) is 3.46. The molecule has 0 aliphatic carbocycles. The third kappa shape index (κ3) is 6.18. The summed E-state index contributed by atoms with van der Waals surface area (Å²) in [7, 11) is 2.22. The van der Waals surface area contributed by atoms with Gasteiger partial charge < -0.3 is 5.32 Å². The summed E-state index contributed by atoms with van der Waals surface area (Å²) in [5.74, 6) is 0. The van der Waals surface area contributed by atoms with Crippen LogP contribution in [0.25, 0.3) is 0 Å². The Morgan fingerprint density at radius 3 is 2.56 bits per heavy atom. The molecule has 2 heteroatoms. The van der Waals surface area contributed by atoms with Gasteiger partial charge in [0, 0.05) is 12.6 Å². The highest BCUT2D eigenvalue weighted by Crippen LogP contribution is 2.09. The SMILES string of the molecule is CCCNCCCC(C)N(C)Cc1ccccc1. The van der Waals surface area contributed by atoms with Gasteiger partial charge in [0.05, 0.1) is 0 Å². The average Bonchev–Trinajstić information content (AvgIpc) is 2.39. The van der Waals surface area contributed by atoms with Crippen molar-refractivity contribution in [1.29, 1.82) is 0 Å². The molecule has 1 aromatic rings. The van der Waals surface area contributed by atoms with Crippen LogP contribution in [-0.2, 0) is 6.54 Å². The van der Waals surface area contributed by atoms with Gasteiger partial charge in [0.1, 0.15) is 0 Å². The number of nitrogens with one attached hydrogen (secondary N) is 1. The quantitative estimate of drug-likeness (QED) is 0.675. The standard InChI is InChI=1S/C16H28N2/c1-4-12-17-13-8-9-15(2)18(3)14-16-10-6-5-7-11-16/h5-7,10-11,15,17H,4,8-9,12-14H2,1-3H3. The Labute approximate surface area is 112 Å². The maximum Gasteiger partial charge on any atom is 0.0233 e. The molecule has 102 valence electrons. The van der Waals surface area contributed by atoms with E-state index in [2.05, 4.69) is 61.4 Å². The summed E-state index contributed by atoms with van der Waals surface area (Å²) in [6.45, 7) is 7.88. The van der Waals surface area contributed by atoms with Gasteiger partial charge in [-0.3, -0.25) is 4.90 Å². The summed E-state index contributed by atoms with van der Waals surface area (Å²) >= 11 is 0. The highest BCUT2D eigenvalue weighted by Gasteiger charge is 2.08. The Morgan fingerprint density at radius 1 is 1.17 bits per heavy atom. The molecular formula is C16H28N2.